The molecule has 2 amide bonds. The predicted molar refractivity (Wildman–Crippen MR) is 112 cm³/mol. The van der Waals surface area contributed by atoms with Gasteiger partial charge in [-0.2, -0.15) is 0 Å². The average Bonchev–Trinajstić information content (AvgIpc) is 2.58. The average molecular weight is 407 g/mol. The molecule has 1 aromatic carbocycles. The van der Waals surface area contributed by atoms with E-state index in [9.17, 15) is 9.59 Å². The standard InChI is InChI=1S/C22H31ClN2O3/c1-14(2)17-13-25(11-9-19(26)27)21(28)24-20(17)16-7-6-15(18(23)12-16)8-10-22(3,4)5/h6-7,12-14,20H,8-11H2,1-5H3,(H,24,28)(H,26,27)/t20-/m1/s1. The number of carbonyl (C=O) groups is 2. The van der Waals surface area contributed by atoms with Gasteiger partial charge in [0.05, 0.1) is 12.5 Å². The third-order valence-electron chi connectivity index (χ3n) is 4.95. The lowest BCUT2D eigenvalue weighted by Crippen LogP contribution is -2.45. The molecule has 0 saturated carbocycles. The third-order valence-corrected chi connectivity index (χ3v) is 5.31. The lowest BCUT2D eigenvalue weighted by Gasteiger charge is -2.34. The summed E-state index contributed by atoms with van der Waals surface area (Å²) in [6.45, 7) is 10.9. The van der Waals surface area contributed by atoms with Crippen molar-refractivity contribution in [1.82, 2.24) is 10.2 Å². The van der Waals surface area contributed by atoms with Gasteiger partial charge in [-0.3, -0.25) is 4.79 Å². The highest BCUT2D eigenvalue weighted by atomic mass is 35.5. The van der Waals surface area contributed by atoms with Crippen molar-refractivity contribution in [2.24, 2.45) is 11.3 Å². The van der Waals surface area contributed by atoms with Gasteiger partial charge in [0.1, 0.15) is 0 Å². The molecule has 0 spiro atoms. The van der Waals surface area contributed by atoms with Crippen LogP contribution in [-0.4, -0.2) is 28.6 Å². The second-order valence-corrected chi connectivity index (χ2v) is 9.32. The highest BCUT2D eigenvalue weighted by Crippen LogP contribution is 2.34. The molecule has 0 radical (unpaired) electrons. The van der Waals surface area contributed by atoms with Crippen LogP contribution in [-0.2, 0) is 11.2 Å². The molecule has 1 aliphatic rings. The molecule has 5 nitrogen and oxygen atoms in total. The number of urea groups is 1. The van der Waals surface area contributed by atoms with E-state index in [-0.39, 0.29) is 36.4 Å². The first-order valence-electron chi connectivity index (χ1n) is 9.77. The van der Waals surface area contributed by atoms with Gasteiger partial charge >= 0.3 is 12.0 Å². The lowest BCUT2D eigenvalue weighted by atomic mass is 9.87. The van der Waals surface area contributed by atoms with Gasteiger partial charge in [-0.25, -0.2) is 4.79 Å². The molecular formula is C22H31ClN2O3. The molecule has 0 fully saturated rings. The first-order chi connectivity index (χ1) is 13.0. The van der Waals surface area contributed by atoms with Crippen LogP contribution >= 0.6 is 11.6 Å². The second kappa shape index (κ2) is 8.99. The van der Waals surface area contributed by atoms with Gasteiger partial charge in [0.25, 0.3) is 0 Å². The number of nitrogens with zero attached hydrogens (tertiary/aromatic N) is 1. The predicted octanol–water partition coefficient (Wildman–Crippen LogP) is 5.40. The summed E-state index contributed by atoms with van der Waals surface area (Å²) in [5.74, 6) is -0.732. The summed E-state index contributed by atoms with van der Waals surface area (Å²) >= 11 is 6.55. The van der Waals surface area contributed by atoms with Crippen LogP contribution < -0.4 is 5.32 Å². The Hall–Kier alpha value is -2.01. The fourth-order valence-corrected chi connectivity index (χ4v) is 3.48. The van der Waals surface area contributed by atoms with Crippen molar-refractivity contribution in [1.29, 1.82) is 0 Å². The zero-order valence-electron chi connectivity index (χ0n) is 17.4. The molecule has 1 aliphatic heterocycles. The molecule has 28 heavy (non-hydrogen) atoms. The summed E-state index contributed by atoms with van der Waals surface area (Å²) in [7, 11) is 0. The number of carboxylic acid groups (broad SMARTS) is 1. The molecule has 2 rings (SSSR count). The van der Waals surface area contributed by atoms with E-state index in [2.05, 4.69) is 39.9 Å². The lowest BCUT2D eigenvalue weighted by molar-refractivity contribution is -0.137. The minimum atomic E-state index is -0.924. The van der Waals surface area contributed by atoms with E-state index in [0.29, 0.717) is 5.02 Å². The number of benzene rings is 1. The fourth-order valence-electron chi connectivity index (χ4n) is 3.20. The molecule has 0 unspecified atom stereocenters. The Kier molecular flexibility index (Phi) is 7.16. The Labute approximate surface area is 172 Å². The summed E-state index contributed by atoms with van der Waals surface area (Å²) in [6, 6.07) is 5.46. The Morgan fingerprint density at radius 3 is 2.54 bits per heavy atom. The minimum Gasteiger partial charge on any atom is -0.481 e. The van der Waals surface area contributed by atoms with Crippen LogP contribution in [0, 0.1) is 11.3 Å². The fraction of sp³-hybridized carbons (Fsp3) is 0.545. The zero-order chi connectivity index (χ0) is 21.1. The van der Waals surface area contributed by atoms with Crippen LogP contribution in [0.5, 0.6) is 0 Å². The van der Waals surface area contributed by atoms with E-state index in [0.717, 1.165) is 29.5 Å². The SMILES string of the molecule is CC(C)C1=CN(CCC(=O)O)C(=O)N[C@@H]1c1ccc(CCC(C)(C)C)c(Cl)c1. The van der Waals surface area contributed by atoms with Crippen molar-refractivity contribution >= 4 is 23.6 Å². The Morgan fingerprint density at radius 2 is 2.00 bits per heavy atom. The number of aliphatic carboxylic acids is 1. The number of carbonyl (C=O) groups excluding carboxylic acids is 1. The summed E-state index contributed by atoms with van der Waals surface area (Å²) < 4.78 is 0. The van der Waals surface area contributed by atoms with E-state index in [1.54, 1.807) is 6.20 Å². The zero-order valence-corrected chi connectivity index (χ0v) is 18.1. The minimum absolute atomic E-state index is 0.0890. The van der Waals surface area contributed by atoms with Gasteiger partial charge in [0, 0.05) is 17.8 Å². The van der Waals surface area contributed by atoms with Gasteiger partial charge < -0.3 is 15.3 Å². The van der Waals surface area contributed by atoms with Gasteiger partial charge in [-0.1, -0.05) is 58.4 Å². The number of rotatable bonds is 7. The van der Waals surface area contributed by atoms with Crippen molar-refractivity contribution in [2.45, 2.75) is 59.9 Å². The number of amides is 2. The third kappa shape index (κ3) is 5.99. The number of halogens is 1. The van der Waals surface area contributed by atoms with Crippen molar-refractivity contribution in [2.75, 3.05) is 6.54 Å². The van der Waals surface area contributed by atoms with E-state index in [1.807, 2.05) is 18.2 Å². The Morgan fingerprint density at radius 1 is 1.32 bits per heavy atom. The van der Waals surface area contributed by atoms with Gasteiger partial charge in [-0.15, -0.1) is 0 Å². The molecule has 154 valence electrons. The molecular weight excluding hydrogens is 376 g/mol. The van der Waals surface area contributed by atoms with Crippen LogP contribution in [0.25, 0.3) is 0 Å². The first-order valence-corrected chi connectivity index (χ1v) is 10.1. The van der Waals surface area contributed by atoms with Crippen molar-refractivity contribution in [3.8, 4) is 0 Å². The maximum Gasteiger partial charge on any atom is 0.322 e. The van der Waals surface area contributed by atoms with Crippen LogP contribution in [0.15, 0.2) is 30.0 Å². The van der Waals surface area contributed by atoms with E-state index < -0.39 is 5.97 Å². The first kappa shape index (κ1) is 22.3. The normalized spacial score (nSPS) is 17.5. The molecule has 1 heterocycles. The van der Waals surface area contributed by atoms with Crippen molar-refractivity contribution in [3.05, 3.63) is 46.1 Å². The van der Waals surface area contributed by atoms with Crippen LogP contribution in [0.2, 0.25) is 5.02 Å². The van der Waals surface area contributed by atoms with Crippen LogP contribution in [0.4, 0.5) is 4.79 Å². The number of nitrogens with one attached hydrogen (secondary N) is 1. The quantitative estimate of drug-likeness (QED) is 0.636. The molecule has 0 aromatic heterocycles. The van der Waals surface area contributed by atoms with Gasteiger partial charge in [-0.05, 0) is 46.9 Å². The molecule has 1 atom stereocenters. The van der Waals surface area contributed by atoms with Gasteiger partial charge in [0.2, 0.25) is 0 Å². The molecule has 1 aromatic rings. The summed E-state index contributed by atoms with van der Waals surface area (Å²) in [6.07, 6.45) is 3.66. The highest BCUT2D eigenvalue weighted by Gasteiger charge is 2.29. The number of aryl methyl sites for hydroxylation is 1. The summed E-state index contributed by atoms with van der Waals surface area (Å²) in [5.41, 5.74) is 3.33. The monoisotopic (exact) mass is 406 g/mol. The van der Waals surface area contributed by atoms with Crippen LogP contribution in [0.1, 0.15) is 64.6 Å². The van der Waals surface area contributed by atoms with E-state index in [1.165, 1.54) is 4.90 Å². The second-order valence-electron chi connectivity index (χ2n) is 8.91. The Bertz CT molecular complexity index is 766. The number of carboxylic acids is 1. The molecule has 2 N–H and O–H groups in total. The molecule has 0 aliphatic carbocycles. The van der Waals surface area contributed by atoms with Crippen molar-refractivity contribution in [3.63, 3.8) is 0 Å². The summed E-state index contributed by atoms with van der Waals surface area (Å²) in [4.78, 5) is 24.8. The molecule has 0 bridgehead atoms. The smallest absolute Gasteiger partial charge is 0.322 e. The highest BCUT2D eigenvalue weighted by molar-refractivity contribution is 6.31. The van der Waals surface area contributed by atoms with Crippen LogP contribution in [0.3, 0.4) is 0 Å². The topological polar surface area (TPSA) is 69.6 Å². The molecule has 0 saturated heterocycles. The largest absolute Gasteiger partial charge is 0.481 e. The van der Waals surface area contributed by atoms with Gasteiger partial charge in [0.15, 0.2) is 0 Å². The Balaban J connectivity index is 2.25. The summed E-state index contributed by atoms with van der Waals surface area (Å²) in [5, 5.41) is 12.6. The molecule has 6 heteroatoms. The number of hydrogen-bond acceptors (Lipinski definition) is 2. The maximum atomic E-state index is 12.5. The van der Waals surface area contributed by atoms with E-state index in [4.69, 9.17) is 16.7 Å². The van der Waals surface area contributed by atoms with E-state index >= 15 is 0 Å². The number of hydrogen-bond donors (Lipinski definition) is 2. The van der Waals surface area contributed by atoms with Crippen molar-refractivity contribution < 1.29 is 14.7 Å². The maximum absolute atomic E-state index is 12.5.